The minimum atomic E-state index is -0.250. The lowest BCUT2D eigenvalue weighted by Gasteiger charge is -1.99. The largest absolute Gasteiger partial charge is 0.337 e. The van der Waals surface area contributed by atoms with E-state index in [9.17, 15) is 4.79 Å². The third kappa shape index (κ3) is 2.91. The Kier molecular flexibility index (Phi) is 3.53. The lowest BCUT2D eigenvalue weighted by Crippen LogP contribution is -2.20. The van der Waals surface area contributed by atoms with Crippen molar-refractivity contribution in [3.05, 3.63) is 39.6 Å². The van der Waals surface area contributed by atoms with Gasteiger partial charge in [-0.25, -0.2) is 4.98 Å². The molecule has 6 nitrogen and oxygen atoms in total. The van der Waals surface area contributed by atoms with E-state index in [1.807, 2.05) is 6.92 Å². The highest BCUT2D eigenvalue weighted by Gasteiger charge is 2.07. The number of halogens is 1. The Morgan fingerprint density at radius 1 is 1.53 bits per heavy atom. The summed E-state index contributed by atoms with van der Waals surface area (Å²) in [4.78, 5) is 19.5. The molecule has 2 aromatic rings. The third-order valence-corrected chi connectivity index (χ3v) is 2.34. The van der Waals surface area contributed by atoms with Crippen LogP contribution in [0.1, 0.15) is 25.1 Å². The normalized spacial score (nSPS) is 10.7. The molecule has 90 valence electrons. The zero-order valence-electron chi connectivity index (χ0n) is 9.26. The molecule has 0 radical (unpaired) electrons. The molecule has 0 unspecified atom stereocenters. The van der Waals surface area contributed by atoms with Gasteiger partial charge in [0.25, 0.3) is 5.56 Å². The lowest BCUT2D eigenvalue weighted by atomic mass is 10.3. The van der Waals surface area contributed by atoms with Crippen LogP contribution in [0.15, 0.2) is 21.7 Å². The highest BCUT2D eigenvalue weighted by Crippen LogP contribution is 2.02. The Bertz CT molecular complexity index is 563. The van der Waals surface area contributed by atoms with Crippen molar-refractivity contribution in [1.29, 1.82) is 0 Å². The molecule has 0 saturated carbocycles. The SMILES string of the molecule is CCCc1noc(Cn2cnc(Cl)cc2=O)n1. The molecule has 0 N–H and O–H groups in total. The first kappa shape index (κ1) is 11.8. The number of nitrogens with zero attached hydrogens (tertiary/aromatic N) is 4. The molecule has 0 fully saturated rings. The lowest BCUT2D eigenvalue weighted by molar-refractivity contribution is 0.364. The first-order valence-electron chi connectivity index (χ1n) is 5.22. The summed E-state index contributed by atoms with van der Waals surface area (Å²) < 4.78 is 6.38. The molecule has 0 amide bonds. The van der Waals surface area contributed by atoms with Crippen LogP contribution in [0.2, 0.25) is 5.15 Å². The molecule has 17 heavy (non-hydrogen) atoms. The maximum atomic E-state index is 11.5. The predicted molar refractivity (Wildman–Crippen MR) is 60.9 cm³/mol. The van der Waals surface area contributed by atoms with Crippen LogP contribution >= 0.6 is 11.6 Å². The van der Waals surface area contributed by atoms with Crippen LogP contribution in [0.25, 0.3) is 0 Å². The minimum absolute atomic E-state index is 0.170. The summed E-state index contributed by atoms with van der Waals surface area (Å²) in [6, 6.07) is 1.24. The fourth-order valence-corrected chi connectivity index (χ4v) is 1.48. The van der Waals surface area contributed by atoms with E-state index in [4.69, 9.17) is 16.1 Å². The van der Waals surface area contributed by atoms with Gasteiger partial charge in [-0.15, -0.1) is 0 Å². The van der Waals surface area contributed by atoms with Gasteiger partial charge in [-0.1, -0.05) is 23.7 Å². The van der Waals surface area contributed by atoms with Gasteiger partial charge in [0.1, 0.15) is 11.7 Å². The molecular weight excluding hydrogens is 244 g/mol. The van der Waals surface area contributed by atoms with E-state index in [0.29, 0.717) is 11.7 Å². The molecule has 0 aliphatic rings. The number of rotatable bonds is 4. The van der Waals surface area contributed by atoms with E-state index in [1.165, 1.54) is 17.0 Å². The maximum absolute atomic E-state index is 11.5. The Morgan fingerprint density at radius 2 is 2.35 bits per heavy atom. The molecule has 0 saturated heterocycles. The maximum Gasteiger partial charge on any atom is 0.255 e. The highest BCUT2D eigenvalue weighted by molar-refractivity contribution is 6.29. The van der Waals surface area contributed by atoms with E-state index >= 15 is 0 Å². The van der Waals surface area contributed by atoms with Gasteiger partial charge in [-0.2, -0.15) is 4.98 Å². The summed E-state index contributed by atoms with van der Waals surface area (Å²) in [6.45, 7) is 2.24. The van der Waals surface area contributed by atoms with Gasteiger partial charge >= 0.3 is 0 Å². The second kappa shape index (κ2) is 5.09. The fraction of sp³-hybridized carbons (Fsp3) is 0.400. The second-order valence-electron chi connectivity index (χ2n) is 3.53. The van der Waals surface area contributed by atoms with Crippen molar-refractivity contribution in [2.24, 2.45) is 0 Å². The van der Waals surface area contributed by atoms with Gasteiger partial charge in [0.05, 0.1) is 6.33 Å². The molecule has 0 bridgehead atoms. The van der Waals surface area contributed by atoms with Crippen molar-refractivity contribution in [2.75, 3.05) is 0 Å². The molecule has 0 aromatic carbocycles. The Balaban J connectivity index is 2.16. The quantitative estimate of drug-likeness (QED) is 0.769. The van der Waals surface area contributed by atoms with Crippen LogP contribution in [-0.2, 0) is 13.0 Å². The van der Waals surface area contributed by atoms with Crippen LogP contribution in [0, 0.1) is 0 Å². The zero-order chi connectivity index (χ0) is 12.3. The third-order valence-electron chi connectivity index (χ3n) is 2.14. The zero-order valence-corrected chi connectivity index (χ0v) is 10.0. The monoisotopic (exact) mass is 254 g/mol. The van der Waals surface area contributed by atoms with Crippen LogP contribution in [-0.4, -0.2) is 19.7 Å². The predicted octanol–water partition coefficient (Wildman–Crippen LogP) is 1.28. The number of aromatic nitrogens is 4. The van der Waals surface area contributed by atoms with E-state index in [-0.39, 0.29) is 17.3 Å². The van der Waals surface area contributed by atoms with Gasteiger partial charge in [0.15, 0.2) is 5.82 Å². The van der Waals surface area contributed by atoms with Gasteiger partial charge < -0.3 is 4.52 Å². The standard InChI is InChI=1S/C10H11ClN4O2/c1-2-3-8-13-9(17-14-8)5-15-6-12-7(11)4-10(15)16/h4,6H,2-3,5H2,1H3. The van der Waals surface area contributed by atoms with Gasteiger partial charge in [-0.3, -0.25) is 9.36 Å². The van der Waals surface area contributed by atoms with Crippen LogP contribution in [0.3, 0.4) is 0 Å². The second-order valence-corrected chi connectivity index (χ2v) is 3.92. The van der Waals surface area contributed by atoms with E-state index in [0.717, 1.165) is 12.8 Å². The van der Waals surface area contributed by atoms with Crippen molar-refractivity contribution >= 4 is 11.6 Å². The average Bonchev–Trinajstić information content (AvgIpc) is 2.71. The molecule has 0 aliphatic heterocycles. The number of aryl methyl sites for hydroxylation is 1. The van der Waals surface area contributed by atoms with Crippen LogP contribution in [0.4, 0.5) is 0 Å². The van der Waals surface area contributed by atoms with Crippen molar-refractivity contribution in [2.45, 2.75) is 26.3 Å². The molecule has 0 atom stereocenters. The van der Waals surface area contributed by atoms with E-state index < -0.39 is 0 Å². The van der Waals surface area contributed by atoms with Gasteiger partial charge in [0, 0.05) is 12.5 Å². The number of hydrogen-bond acceptors (Lipinski definition) is 5. The first-order chi connectivity index (χ1) is 8.19. The molecule has 0 aliphatic carbocycles. The molecular formula is C10H11ClN4O2. The Morgan fingerprint density at radius 3 is 3.06 bits per heavy atom. The molecule has 7 heteroatoms. The number of hydrogen-bond donors (Lipinski definition) is 0. The highest BCUT2D eigenvalue weighted by atomic mass is 35.5. The van der Waals surface area contributed by atoms with Crippen molar-refractivity contribution in [1.82, 2.24) is 19.7 Å². The molecule has 2 aromatic heterocycles. The van der Waals surface area contributed by atoms with Gasteiger partial charge in [0.2, 0.25) is 5.89 Å². The molecule has 2 rings (SSSR count). The summed E-state index contributed by atoms with van der Waals surface area (Å²) in [5, 5.41) is 3.97. The summed E-state index contributed by atoms with van der Waals surface area (Å²) in [5.41, 5.74) is -0.250. The molecule has 0 spiro atoms. The van der Waals surface area contributed by atoms with Crippen LogP contribution < -0.4 is 5.56 Å². The fourth-order valence-electron chi connectivity index (χ4n) is 1.35. The summed E-state index contributed by atoms with van der Waals surface area (Å²) in [5.74, 6) is 1.04. The average molecular weight is 255 g/mol. The van der Waals surface area contributed by atoms with Gasteiger partial charge in [-0.05, 0) is 6.42 Å². The molecule has 2 heterocycles. The minimum Gasteiger partial charge on any atom is -0.337 e. The first-order valence-corrected chi connectivity index (χ1v) is 5.60. The summed E-state index contributed by atoms with van der Waals surface area (Å²) in [6.07, 6.45) is 3.06. The van der Waals surface area contributed by atoms with Crippen LogP contribution in [0.5, 0.6) is 0 Å². The summed E-state index contributed by atoms with van der Waals surface area (Å²) >= 11 is 5.59. The van der Waals surface area contributed by atoms with E-state index in [1.54, 1.807) is 0 Å². The van der Waals surface area contributed by atoms with Crippen molar-refractivity contribution in [3.63, 3.8) is 0 Å². The summed E-state index contributed by atoms with van der Waals surface area (Å²) in [7, 11) is 0. The Labute approximate surface area is 102 Å². The van der Waals surface area contributed by atoms with Crippen molar-refractivity contribution in [3.8, 4) is 0 Å². The topological polar surface area (TPSA) is 73.8 Å². The smallest absolute Gasteiger partial charge is 0.255 e. The Hall–Kier alpha value is -1.69. The van der Waals surface area contributed by atoms with Crippen molar-refractivity contribution < 1.29 is 4.52 Å². The van der Waals surface area contributed by atoms with E-state index in [2.05, 4.69) is 15.1 Å².